The Kier molecular flexibility index (Phi) is 4.43. The normalized spacial score (nSPS) is 11.3. The third-order valence-corrected chi connectivity index (χ3v) is 4.76. The van der Waals surface area contributed by atoms with E-state index in [2.05, 4.69) is 27.7 Å². The van der Waals surface area contributed by atoms with Gasteiger partial charge in [0.15, 0.2) is 0 Å². The summed E-state index contributed by atoms with van der Waals surface area (Å²) in [5, 5.41) is 14.4. The Morgan fingerprint density at radius 3 is 1.66 bits per heavy atom. The largest absolute Gasteiger partial charge is 0.354 e. The van der Waals surface area contributed by atoms with E-state index >= 15 is 0 Å². The fourth-order valence-corrected chi connectivity index (χ4v) is 3.34. The molecule has 0 spiro atoms. The Morgan fingerprint density at radius 2 is 1.03 bits per heavy atom. The number of pyridine rings is 1. The SMILES string of the molecule is c1ccc(N=Nc2ccc(Nc3c4ccccc4nc4ccccc34)cc2)cc1. The number of hydrogen-bond acceptors (Lipinski definition) is 4. The number of fused-ring (bicyclic) bond motifs is 2. The summed E-state index contributed by atoms with van der Waals surface area (Å²) in [6.45, 7) is 0. The number of benzene rings is 4. The van der Waals surface area contributed by atoms with Crippen LogP contribution in [-0.4, -0.2) is 4.98 Å². The Bertz CT molecular complexity index is 1260. The van der Waals surface area contributed by atoms with Crippen LogP contribution in [0.2, 0.25) is 0 Å². The quantitative estimate of drug-likeness (QED) is 0.261. The third-order valence-electron chi connectivity index (χ3n) is 4.76. The van der Waals surface area contributed by atoms with E-state index in [9.17, 15) is 0 Å². The van der Waals surface area contributed by atoms with Crippen molar-refractivity contribution in [2.75, 3.05) is 5.32 Å². The van der Waals surface area contributed by atoms with E-state index in [1.165, 1.54) is 0 Å². The fraction of sp³-hybridized carbons (Fsp3) is 0. The molecule has 5 aromatic rings. The van der Waals surface area contributed by atoms with Gasteiger partial charge in [0.05, 0.1) is 28.1 Å². The number of para-hydroxylation sites is 2. The molecule has 4 heteroatoms. The van der Waals surface area contributed by atoms with E-state index in [0.717, 1.165) is 44.6 Å². The Labute approximate surface area is 168 Å². The molecule has 0 aliphatic heterocycles. The lowest BCUT2D eigenvalue weighted by Crippen LogP contribution is -1.94. The predicted octanol–water partition coefficient (Wildman–Crippen LogP) is 7.55. The lowest BCUT2D eigenvalue weighted by atomic mass is 10.1. The minimum atomic E-state index is 0.809. The summed E-state index contributed by atoms with van der Waals surface area (Å²) in [6, 6.07) is 34.1. The van der Waals surface area contributed by atoms with Crippen LogP contribution in [-0.2, 0) is 0 Å². The summed E-state index contributed by atoms with van der Waals surface area (Å²) in [7, 11) is 0. The maximum Gasteiger partial charge on any atom is 0.0858 e. The molecule has 0 radical (unpaired) electrons. The Morgan fingerprint density at radius 1 is 0.517 bits per heavy atom. The van der Waals surface area contributed by atoms with Gasteiger partial charge in [0, 0.05) is 16.5 Å². The van der Waals surface area contributed by atoms with Crippen LogP contribution in [0.1, 0.15) is 0 Å². The first-order chi connectivity index (χ1) is 14.4. The Balaban J connectivity index is 1.48. The summed E-state index contributed by atoms with van der Waals surface area (Å²) in [6.07, 6.45) is 0. The van der Waals surface area contributed by atoms with Crippen LogP contribution in [0.3, 0.4) is 0 Å². The maximum absolute atomic E-state index is 4.78. The molecular weight excluding hydrogens is 356 g/mol. The second kappa shape index (κ2) is 7.52. The molecule has 0 aliphatic carbocycles. The lowest BCUT2D eigenvalue weighted by molar-refractivity contribution is 1.23. The molecular formula is C25H18N4. The molecule has 5 rings (SSSR count). The molecule has 1 heterocycles. The summed E-state index contributed by atoms with van der Waals surface area (Å²) < 4.78 is 0. The van der Waals surface area contributed by atoms with Crippen molar-refractivity contribution >= 4 is 44.6 Å². The number of aromatic nitrogens is 1. The number of nitrogens with zero attached hydrogens (tertiary/aromatic N) is 3. The smallest absolute Gasteiger partial charge is 0.0858 e. The van der Waals surface area contributed by atoms with Gasteiger partial charge in [-0.2, -0.15) is 10.2 Å². The van der Waals surface area contributed by atoms with Gasteiger partial charge in [0.1, 0.15) is 0 Å². The van der Waals surface area contributed by atoms with Gasteiger partial charge < -0.3 is 5.32 Å². The highest BCUT2D eigenvalue weighted by Gasteiger charge is 2.08. The Hall–Kier alpha value is -4.05. The van der Waals surface area contributed by atoms with Crippen molar-refractivity contribution in [2.45, 2.75) is 0 Å². The zero-order valence-corrected chi connectivity index (χ0v) is 15.7. The van der Waals surface area contributed by atoms with Gasteiger partial charge in [0.2, 0.25) is 0 Å². The molecule has 0 atom stereocenters. The van der Waals surface area contributed by atoms with E-state index < -0.39 is 0 Å². The van der Waals surface area contributed by atoms with Crippen LogP contribution >= 0.6 is 0 Å². The fourth-order valence-electron chi connectivity index (χ4n) is 3.34. The topological polar surface area (TPSA) is 49.6 Å². The van der Waals surface area contributed by atoms with E-state index in [1.54, 1.807) is 0 Å². The van der Waals surface area contributed by atoms with Crippen molar-refractivity contribution in [3.05, 3.63) is 103 Å². The lowest BCUT2D eigenvalue weighted by Gasteiger charge is -2.13. The molecule has 0 amide bonds. The van der Waals surface area contributed by atoms with Crippen LogP contribution in [0, 0.1) is 0 Å². The van der Waals surface area contributed by atoms with Crippen LogP contribution in [0.4, 0.5) is 22.7 Å². The molecule has 1 N–H and O–H groups in total. The molecule has 29 heavy (non-hydrogen) atoms. The highest BCUT2D eigenvalue weighted by Crippen LogP contribution is 2.33. The average molecular weight is 374 g/mol. The molecule has 0 unspecified atom stereocenters. The number of azo groups is 1. The van der Waals surface area contributed by atoms with Gasteiger partial charge in [-0.3, -0.25) is 0 Å². The molecule has 0 saturated carbocycles. The summed E-state index contributed by atoms with van der Waals surface area (Å²) in [5.41, 5.74) is 5.65. The first-order valence-corrected chi connectivity index (χ1v) is 9.48. The van der Waals surface area contributed by atoms with Gasteiger partial charge in [-0.05, 0) is 48.5 Å². The number of hydrogen-bond donors (Lipinski definition) is 1. The molecule has 138 valence electrons. The molecule has 1 aromatic heterocycles. The van der Waals surface area contributed by atoms with Crippen molar-refractivity contribution in [1.82, 2.24) is 4.98 Å². The van der Waals surface area contributed by atoms with Crippen LogP contribution in [0.5, 0.6) is 0 Å². The minimum Gasteiger partial charge on any atom is -0.354 e. The molecule has 0 bridgehead atoms. The van der Waals surface area contributed by atoms with Crippen LogP contribution in [0.15, 0.2) is 113 Å². The van der Waals surface area contributed by atoms with Crippen molar-refractivity contribution in [2.24, 2.45) is 10.2 Å². The van der Waals surface area contributed by atoms with Crippen molar-refractivity contribution < 1.29 is 0 Å². The van der Waals surface area contributed by atoms with Crippen LogP contribution < -0.4 is 5.32 Å². The number of nitrogens with one attached hydrogen (secondary N) is 1. The van der Waals surface area contributed by atoms with E-state index in [0.29, 0.717) is 0 Å². The zero-order chi connectivity index (χ0) is 19.5. The van der Waals surface area contributed by atoms with Gasteiger partial charge in [-0.25, -0.2) is 4.98 Å². The summed E-state index contributed by atoms with van der Waals surface area (Å²) in [4.78, 5) is 4.78. The highest BCUT2D eigenvalue weighted by atomic mass is 15.1. The average Bonchev–Trinajstić information content (AvgIpc) is 2.79. The minimum absolute atomic E-state index is 0.809. The first kappa shape index (κ1) is 17.1. The summed E-state index contributed by atoms with van der Waals surface area (Å²) >= 11 is 0. The van der Waals surface area contributed by atoms with Crippen molar-refractivity contribution in [3.63, 3.8) is 0 Å². The van der Waals surface area contributed by atoms with E-state index in [4.69, 9.17) is 4.98 Å². The highest BCUT2D eigenvalue weighted by molar-refractivity contribution is 6.08. The van der Waals surface area contributed by atoms with Gasteiger partial charge >= 0.3 is 0 Å². The molecule has 0 fully saturated rings. The molecule has 0 saturated heterocycles. The molecule has 4 nitrogen and oxygen atoms in total. The monoisotopic (exact) mass is 374 g/mol. The molecule has 0 aliphatic rings. The standard InChI is InChI=1S/C25H18N4/c1-2-8-19(9-3-1)28-29-20-16-14-18(15-17-20)26-25-21-10-4-6-12-23(21)27-24-13-7-5-11-22(24)25/h1-17H,(H,26,27). The molecule has 4 aromatic carbocycles. The van der Waals surface area contributed by atoms with E-state index in [1.807, 2.05) is 91.0 Å². The number of anilines is 2. The third kappa shape index (κ3) is 3.56. The van der Waals surface area contributed by atoms with E-state index in [-0.39, 0.29) is 0 Å². The zero-order valence-electron chi connectivity index (χ0n) is 15.7. The second-order valence-electron chi connectivity index (χ2n) is 6.73. The predicted molar refractivity (Wildman–Crippen MR) is 120 cm³/mol. The van der Waals surface area contributed by atoms with Crippen molar-refractivity contribution in [1.29, 1.82) is 0 Å². The number of rotatable bonds is 4. The first-order valence-electron chi connectivity index (χ1n) is 9.48. The van der Waals surface area contributed by atoms with Crippen LogP contribution in [0.25, 0.3) is 21.8 Å². The summed E-state index contributed by atoms with van der Waals surface area (Å²) in [5.74, 6) is 0. The second-order valence-corrected chi connectivity index (χ2v) is 6.73. The van der Waals surface area contributed by atoms with Crippen molar-refractivity contribution in [3.8, 4) is 0 Å². The van der Waals surface area contributed by atoms with Gasteiger partial charge in [0.25, 0.3) is 0 Å². The van der Waals surface area contributed by atoms with Gasteiger partial charge in [-0.15, -0.1) is 0 Å². The maximum atomic E-state index is 4.78. The van der Waals surface area contributed by atoms with Gasteiger partial charge in [-0.1, -0.05) is 54.6 Å².